The maximum atomic E-state index is 6.84. The van der Waals surface area contributed by atoms with E-state index in [1.165, 1.54) is 37.9 Å². The first kappa shape index (κ1) is 35.0. The summed E-state index contributed by atoms with van der Waals surface area (Å²) in [4.78, 5) is 2.32. The molecule has 0 atom stereocenters. The standard InChI is InChI=1S/C58H39NO3/c1-58(2,3)35-21-19-34(20-22-35)39-16-10-17-46-50-30-37(25-28-54(50)62-57(39)46)59(36-24-27-53-49(29-36)44-15-8-9-18-52(44)60-53)38-23-26-45-51-32-47-42-13-6-4-11-40(42)41-12-5-7-14-43(41)48(47)33-56(51)61-55(45)31-38/h4-33H,1-3H3. The highest BCUT2D eigenvalue weighted by Gasteiger charge is 2.21. The van der Waals surface area contributed by atoms with E-state index < -0.39 is 0 Å². The molecule has 0 aliphatic rings. The molecule has 13 rings (SSSR count). The molecule has 0 bridgehead atoms. The third kappa shape index (κ3) is 5.20. The number of benzene rings is 10. The zero-order chi connectivity index (χ0) is 41.3. The Labute approximate surface area is 356 Å². The smallest absolute Gasteiger partial charge is 0.143 e. The number of rotatable bonds is 4. The van der Waals surface area contributed by atoms with Gasteiger partial charge in [-0.2, -0.15) is 0 Å². The van der Waals surface area contributed by atoms with Gasteiger partial charge in [-0.1, -0.05) is 130 Å². The summed E-state index contributed by atoms with van der Waals surface area (Å²) in [6.45, 7) is 6.74. The Morgan fingerprint density at radius 3 is 1.50 bits per heavy atom. The summed E-state index contributed by atoms with van der Waals surface area (Å²) in [7, 11) is 0. The van der Waals surface area contributed by atoms with Crippen molar-refractivity contribution in [1.29, 1.82) is 0 Å². The fourth-order valence-corrected chi connectivity index (χ4v) is 9.90. The van der Waals surface area contributed by atoms with Crippen molar-refractivity contribution in [2.45, 2.75) is 26.2 Å². The van der Waals surface area contributed by atoms with E-state index in [0.29, 0.717) is 0 Å². The minimum Gasteiger partial charge on any atom is -0.456 e. The van der Waals surface area contributed by atoms with Crippen molar-refractivity contribution in [3.05, 3.63) is 188 Å². The van der Waals surface area contributed by atoms with Gasteiger partial charge in [0.25, 0.3) is 0 Å². The molecule has 0 saturated carbocycles. The monoisotopic (exact) mass is 797 g/mol. The van der Waals surface area contributed by atoms with Gasteiger partial charge in [0, 0.05) is 61.0 Å². The number of furan rings is 3. The largest absolute Gasteiger partial charge is 0.456 e. The van der Waals surface area contributed by atoms with Crippen LogP contribution in [0.4, 0.5) is 17.1 Å². The third-order valence-electron chi connectivity index (χ3n) is 13.0. The molecule has 4 nitrogen and oxygen atoms in total. The number of fused-ring (bicyclic) bond motifs is 15. The van der Waals surface area contributed by atoms with E-state index in [9.17, 15) is 0 Å². The van der Waals surface area contributed by atoms with Gasteiger partial charge in [0.2, 0.25) is 0 Å². The Bertz CT molecular complexity index is 3970. The predicted molar refractivity (Wildman–Crippen MR) is 260 cm³/mol. The van der Waals surface area contributed by atoms with Crippen LogP contribution in [0.1, 0.15) is 26.3 Å². The van der Waals surface area contributed by atoms with E-state index in [4.69, 9.17) is 13.3 Å². The molecule has 0 aliphatic carbocycles. The molecule has 62 heavy (non-hydrogen) atoms. The molecule has 13 aromatic rings. The van der Waals surface area contributed by atoms with Crippen molar-refractivity contribution in [3.8, 4) is 11.1 Å². The van der Waals surface area contributed by atoms with E-state index >= 15 is 0 Å². The van der Waals surface area contributed by atoms with Crippen LogP contribution >= 0.6 is 0 Å². The molecule has 0 amide bonds. The molecule has 4 heteroatoms. The number of anilines is 3. The summed E-state index contributed by atoms with van der Waals surface area (Å²) in [5.74, 6) is 0. The molecule has 0 radical (unpaired) electrons. The summed E-state index contributed by atoms with van der Waals surface area (Å²) >= 11 is 0. The van der Waals surface area contributed by atoms with Gasteiger partial charge in [0.1, 0.15) is 33.5 Å². The van der Waals surface area contributed by atoms with Crippen molar-refractivity contribution in [2.24, 2.45) is 0 Å². The fraction of sp³-hybridized carbons (Fsp3) is 0.0690. The van der Waals surface area contributed by atoms with Crippen molar-refractivity contribution in [1.82, 2.24) is 0 Å². The summed E-state index contributed by atoms with van der Waals surface area (Å²) in [6, 6.07) is 65.2. The molecule has 0 spiro atoms. The lowest BCUT2D eigenvalue weighted by molar-refractivity contribution is 0.590. The molecule has 3 heterocycles. The van der Waals surface area contributed by atoms with Crippen LogP contribution in [0.25, 0.3) is 109 Å². The van der Waals surface area contributed by atoms with Gasteiger partial charge < -0.3 is 18.2 Å². The second-order valence-electron chi connectivity index (χ2n) is 17.7. The van der Waals surface area contributed by atoms with Crippen molar-refractivity contribution in [3.63, 3.8) is 0 Å². The number of hydrogen-bond donors (Lipinski definition) is 0. The molecule has 0 aliphatic heterocycles. The molecular weight excluding hydrogens is 759 g/mol. The molecule has 0 N–H and O–H groups in total. The van der Waals surface area contributed by atoms with Crippen LogP contribution in [-0.2, 0) is 5.41 Å². The van der Waals surface area contributed by atoms with Gasteiger partial charge in [-0.3, -0.25) is 0 Å². The quantitative estimate of drug-likeness (QED) is 0.166. The molecule has 0 saturated heterocycles. The van der Waals surface area contributed by atoms with Crippen LogP contribution in [0.2, 0.25) is 0 Å². The Morgan fingerprint density at radius 2 is 0.806 bits per heavy atom. The summed E-state index contributed by atoms with van der Waals surface area (Å²) in [5, 5.41) is 13.9. The first-order valence-corrected chi connectivity index (χ1v) is 21.3. The Balaban J connectivity index is 1.01. The lowest BCUT2D eigenvalue weighted by atomic mass is 9.86. The first-order chi connectivity index (χ1) is 30.3. The topological polar surface area (TPSA) is 42.7 Å². The van der Waals surface area contributed by atoms with Crippen LogP contribution in [0, 0.1) is 0 Å². The highest BCUT2D eigenvalue weighted by atomic mass is 16.3. The van der Waals surface area contributed by atoms with Gasteiger partial charge in [0.15, 0.2) is 0 Å². The average molecular weight is 798 g/mol. The fourth-order valence-electron chi connectivity index (χ4n) is 9.90. The minimum absolute atomic E-state index is 0.0790. The maximum absolute atomic E-state index is 6.84. The highest BCUT2D eigenvalue weighted by Crippen LogP contribution is 2.45. The van der Waals surface area contributed by atoms with Gasteiger partial charge in [-0.25, -0.2) is 0 Å². The zero-order valence-electron chi connectivity index (χ0n) is 34.5. The Kier molecular flexibility index (Phi) is 7.25. The van der Waals surface area contributed by atoms with Crippen LogP contribution in [0.3, 0.4) is 0 Å². The van der Waals surface area contributed by atoms with Gasteiger partial charge in [-0.15, -0.1) is 0 Å². The van der Waals surface area contributed by atoms with E-state index in [1.54, 1.807) is 0 Å². The zero-order valence-corrected chi connectivity index (χ0v) is 34.5. The summed E-state index contributed by atoms with van der Waals surface area (Å²) in [5.41, 5.74) is 11.8. The van der Waals surface area contributed by atoms with Crippen molar-refractivity contribution < 1.29 is 13.3 Å². The van der Waals surface area contributed by atoms with E-state index in [0.717, 1.165) is 94.0 Å². The molecule has 294 valence electrons. The molecule has 0 unspecified atom stereocenters. The number of para-hydroxylation sites is 2. The van der Waals surface area contributed by atoms with Crippen LogP contribution in [0.15, 0.2) is 195 Å². The van der Waals surface area contributed by atoms with Crippen molar-refractivity contribution in [2.75, 3.05) is 4.90 Å². The lowest BCUT2D eigenvalue weighted by Gasteiger charge is -2.25. The van der Waals surface area contributed by atoms with Gasteiger partial charge >= 0.3 is 0 Å². The Morgan fingerprint density at radius 1 is 0.323 bits per heavy atom. The lowest BCUT2D eigenvalue weighted by Crippen LogP contribution is -2.10. The SMILES string of the molecule is CC(C)(C)c1ccc(-c2cccc3c2oc2ccc(N(c4ccc5c(c4)oc4cc6c7ccccc7c7ccccc7c6cc45)c4ccc5oc6ccccc6c5c4)cc23)cc1. The van der Waals surface area contributed by atoms with Crippen molar-refractivity contribution >= 4 is 115 Å². The molecular formula is C58H39NO3. The third-order valence-corrected chi connectivity index (χ3v) is 13.0. The maximum Gasteiger partial charge on any atom is 0.143 e. The molecule has 10 aromatic carbocycles. The van der Waals surface area contributed by atoms with Crippen LogP contribution in [0.5, 0.6) is 0 Å². The second kappa shape index (κ2) is 12.8. The van der Waals surface area contributed by atoms with Crippen LogP contribution in [-0.4, -0.2) is 0 Å². The summed E-state index contributed by atoms with van der Waals surface area (Å²) < 4.78 is 19.8. The van der Waals surface area contributed by atoms with E-state index in [-0.39, 0.29) is 5.41 Å². The second-order valence-corrected chi connectivity index (χ2v) is 17.7. The molecule has 0 fully saturated rings. The molecule has 3 aromatic heterocycles. The predicted octanol–water partition coefficient (Wildman–Crippen LogP) is 17.3. The first-order valence-electron chi connectivity index (χ1n) is 21.3. The van der Waals surface area contributed by atoms with Gasteiger partial charge in [0.05, 0.1) is 0 Å². The van der Waals surface area contributed by atoms with Gasteiger partial charge in [-0.05, 0) is 116 Å². The van der Waals surface area contributed by atoms with E-state index in [2.05, 4.69) is 196 Å². The highest BCUT2D eigenvalue weighted by molar-refractivity contribution is 6.28. The minimum atomic E-state index is 0.0790. The average Bonchev–Trinajstić information content (AvgIpc) is 3.99. The number of hydrogen-bond acceptors (Lipinski definition) is 4. The van der Waals surface area contributed by atoms with E-state index in [1.807, 2.05) is 12.1 Å². The number of nitrogens with zero attached hydrogens (tertiary/aromatic N) is 1. The summed E-state index contributed by atoms with van der Waals surface area (Å²) in [6.07, 6.45) is 0. The van der Waals surface area contributed by atoms with Crippen LogP contribution < -0.4 is 4.90 Å². The normalized spacial score (nSPS) is 12.4. The Hall–Kier alpha value is -7.82.